The summed E-state index contributed by atoms with van der Waals surface area (Å²) >= 11 is 0. The number of rotatable bonds is 2. The molecule has 1 N–H and O–H groups in total. The van der Waals surface area contributed by atoms with Crippen LogP contribution in [0.2, 0.25) is 0 Å². The predicted molar refractivity (Wildman–Crippen MR) is 95.4 cm³/mol. The summed E-state index contributed by atoms with van der Waals surface area (Å²) < 4.78 is 0. The second kappa shape index (κ2) is 5.09. The van der Waals surface area contributed by atoms with E-state index < -0.39 is 0 Å². The van der Waals surface area contributed by atoms with Crippen LogP contribution in [0.25, 0.3) is 10.9 Å². The SMILES string of the molecule is c1ccc(Nc2c3c(nc4ccccc24)C2CCC3CC2)cc1. The van der Waals surface area contributed by atoms with Gasteiger partial charge in [0.05, 0.1) is 11.2 Å². The van der Waals surface area contributed by atoms with Crippen molar-refractivity contribution in [1.29, 1.82) is 0 Å². The Labute approximate surface area is 136 Å². The van der Waals surface area contributed by atoms with Crippen molar-refractivity contribution in [2.24, 2.45) is 0 Å². The zero-order valence-electron chi connectivity index (χ0n) is 13.1. The van der Waals surface area contributed by atoms with Crippen LogP contribution < -0.4 is 5.32 Å². The normalized spacial score (nSPS) is 22.1. The molecule has 23 heavy (non-hydrogen) atoms. The van der Waals surface area contributed by atoms with Gasteiger partial charge < -0.3 is 5.32 Å². The van der Waals surface area contributed by atoms with Crippen LogP contribution in [0.1, 0.15) is 48.8 Å². The second-order valence-corrected chi connectivity index (χ2v) is 6.84. The number of anilines is 2. The molecule has 2 aromatic carbocycles. The lowest BCUT2D eigenvalue weighted by atomic mass is 9.68. The Hall–Kier alpha value is -2.35. The third-order valence-electron chi connectivity index (χ3n) is 5.52. The Morgan fingerprint density at radius 3 is 2.30 bits per heavy atom. The van der Waals surface area contributed by atoms with E-state index in [9.17, 15) is 0 Å². The fourth-order valence-corrected chi connectivity index (χ4v) is 4.43. The van der Waals surface area contributed by atoms with Crippen LogP contribution in [0.15, 0.2) is 54.6 Å². The zero-order valence-corrected chi connectivity index (χ0v) is 13.1. The largest absolute Gasteiger partial charge is 0.355 e. The summed E-state index contributed by atoms with van der Waals surface area (Å²) in [4.78, 5) is 5.06. The zero-order chi connectivity index (χ0) is 15.2. The molecule has 0 amide bonds. The first-order valence-corrected chi connectivity index (χ1v) is 8.65. The van der Waals surface area contributed by atoms with Gasteiger partial charge in [-0.3, -0.25) is 4.98 Å². The van der Waals surface area contributed by atoms with E-state index in [0.29, 0.717) is 11.8 Å². The number of nitrogens with zero attached hydrogens (tertiary/aromatic N) is 1. The van der Waals surface area contributed by atoms with E-state index >= 15 is 0 Å². The molecule has 0 spiro atoms. The molecule has 0 saturated heterocycles. The van der Waals surface area contributed by atoms with E-state index in [1.807, 2.05) is 0 Å². The lowest BCUT2D eigenvalue weighted by Crippen LogP contribution is -2.24. The third kappa shape index (κ3) is 2.05. The van der Waals surface area contributed by atoms with Crippen molar-refractivity contribution >= 4 is 22.3 Å². The van der Waals surface area contributed by atoms with E-state index in [-0.39, 0.29) is 0 Å². The van der Waals surface area contributed by atoms with Gasteiger partial charge in [-0.25, -0.2) is 0 Å². The number of fused-ring (bicyclic) bond motifs is 3. The van der Waals surface area contributed by atoms with Crippen molar-refractivity contribution < 1.29 is 0 Å². The topological polar surface area (TPSA) is 24.9 Å². The van der Waals surface area contributed by atoms with Gasteiger partial charge in [-0.05, 0) is 49.8 Å². The minimum Gasteiger partial charge on any atom is -0.355 e. The molecule has 0 atom stereocenters. The number of para-hydroxylation sites is 2. The second-order valence-electron chi connectivity index (χ2n) is 6.84. The number of hydrogen-bond acceptors (Lipinski definition) is 2. The van der Waals surface area contributed by atoms with Crippen molar-refractivity contribution in [3.63, 3.8) is 0 Å². The van der Waals surface area contributed by atoms with E-state index in [0.717, 1.165) is 11.2 Å². The fourth-order valence-electron chi connectivity index (χ4n) is 4.43. The molecule has 3 aromatic rings. The minimum absolute atomic E-state index is 0.663. The average Bonchev–Trinajstić information content (AvgIpc) is 2.63. The Morgan fingerprint density at radius 1 is 0.783 bits per heavy atom. The van der Waals surface area contributed by atoms with Crippen LogP contribution >= 0.6 is 0 Å². The molecule has 1 heterocycles. The molecule has 2 nitrogen and oxygen atoms in total. The van der Waals surface area contributed by atoms with Crippen molar-refractivity contribution in [2.75, 3.05) is 5.32 Å². The number of aromatic nitrogens is 1. The summed E-state index contributed by atoms with van der Waals surface area (Å²) in [6, 6.07) is 19.1. The van der Waals surface area contributed by atoms with Crippen molar-refractivity contribution in [1.82, 2.24) is 4.98 Å². The first-order valence-electron chi connectivity index (χ1n) is 8.65. The number of hydrogen-bond donors (Lipinski definition) is 1. The highest BCUT2D eigenvalue weighted by atomic mass is 14.9. The number of benzene rings is 2. The molecule has 2 heteroatoms. The molecule has 1 fully saturated rings. The standard InChI is InChI=1S/C21H20N2/c1-2-6-16(7-3-1)22-21-17-8-4-5-9-18(17)23-20-15-12-10-14(11-13-15)19(20)21/h1-9,14-15H,10-13H2,(H,22,23). The molecule has 114 valence electrons. The van der Waals surface area contributed by atoms with Crippen LogP contribution in [0.4, 0.5) is 11.4 Å². The molecule has 3 aliphatic carbocycles. The average molecular weight is 300 g/mol. The maximum atomic E-state index is 5.06. The summed E-state index contributed by atoms with van der Waals surface area (Å²) in [6.07, 6.45) is 5.27. The minimum atomic E-state index is 0.663. The van der Waals surface area contributed by atoms with Crippen LogP contribution in [0.3, 0.4) is 0 Å². The van der Waals surface area contributed by atoms with E-state index in [1.54, 1.807) is 0 Å². The molecule has 0 unspecified atom stereocenters. The maximum Gasteiger partial charge on any atom is 0.0726 e. The summed E-state index contributed by atoms with van der Waals surface area (Å²) in [5, 5.41) is 4.97. The van der Waals surface area contributed by atoms with E-state index in [4.69, 9.17) is 4.98 Å². The molecule has 6 rings (SSSR count). The monoisotopic (exact) mass is 300 g/mol. The van der Waals surface area contributed by atoms with Crippen LogP contribution in [0.5, 0.6) is 0 Å². The van der Waals surface area contributed by atoms with Gasteiger partial charge >= 0.3 is 0 Å². The van der Waals surface area contributed by atoms with E-state index in [1.165, 1.54) is 48.0 Å². The Bertz CT molecular complexity index is 862. The fraction of sp³-hybridized carbons (Fsp3) is 0.286. The third-order valence-corrected chi connectivity index (χ3v) is 5.52. The summed E-state index contributed by atoms with van der Waals surface area (Å²) in [5.41, 5.74) is 6.44. The molecule has 0 aliphatic heterocycles. The smallest absolute Gasteiger partial charge is 0.0726 e. The first kappa shape index (κ1) is 13.1. The van der Waals surface area contributed by atoms with E-state index in [2.05, 4.69) is 59.9 Å². The summed E-state index contributed by atoms with van der Waals surface area (Å²) in [6.45, 7) is 0. The predicted octanol–water partition coefficient (Wildman–Crippen LogP) is 5.73. The van der Waals surface area contributed by atoms with Crippen LogP contribution in [-0.2, 0) is 0 Å². The first-order chi connectivity index (χ1) is 11.4. The Kier molecular flexibility index (Phi) is 2.90. The highest BCUT2D eigenvalue weighted by Crippen LogP contribution is 2.52. The van der Waals surface area contributed by atoms with Gasteiger partial charge in [-0.1, -0.05) is 36.4 Å². The van der Waals surface area contributed by atoms with Crippen molar-refractivity contribution in [2.45, 2.75) is 37.5 Å². The Balaban J connectivity index is 1.77. The highest BCUT2D eigenvalue weighted by Gasteiger charge is 2.36. The van der Waals surface area contributed by atoms with Crippen LogP contribution in [-0.4, -0.2) is 4.98 Å². The molecule has 0 radical (unpaired) electrons. The van der Waals surface area contributed by atoms with Crippen LogP contribution in [0, 0.1) is 0 Å². The Morgan fingerprint density at radius 2 is 1.48 bits per heavy atom. The lowest BCUT2D eigenvalue weighted by Gasteiger charge is -2.39. The number of pyridine rings is 1. The molecular weight excluding hydrogens is 280 g/mol. The van der Waals surface area contributed by atoms with Gasteiger partial charge in [0.1, 0.15) is 0 Å². The van der Waals surface area contributed by atoms with Gasteiger partial charge in [0.25, 0.3) is 0 Å². The molecular formula is C21H20N2. The molecule has 2 bridgehead atoms. The summed E-state index contributed by atoms with van der Waals surface area (Å²) in [7, 11) is 0. The number of nitrogens with one attached hydrogen (secondary N) is 1. The molecule has 1 saturated carbocycles. The van der Waals surface area contributed by atoms with Gasteiger partial charge in [0.2, 0.25) is 0 Å². The van der Waals surface area contributed by atoms with Crippen molar-refractivity contribution in [3.8, 4) is 0 Å². The summed E-state index contributed by atoms with van der Waals surface area (Å²) in [5.74, 6) is 1.34. The quantitative estimate of drug-likeness (QED) is 0.653. The van der Waals surface area contributed by atoms with Gasteiger partial charge in [0.15, 0.2) is 0 Å². The lowest BCUT2D eigenvalue weighted by molar-refractivity contribution is 0.353. The molecule has 3 aliphatic rings. The molecule has 1 aromatic heterocycles. The highest BCUT2D eigenvalue weighted by molar-refractivity contribution is 5.95. The van der Waals surface area contributed by atoms with Gasteiger partial charge in [-0.2, -0.15) is 0 Å². The van der Waals surface area contributed by atoms with Gasteiger partial charge in [0, 0.05) is 28.2 Å². The maximum absolute atomic E-state index is 5.06. The van der Waals surface area contributed by atoms with Gasteiger partial charge in [-0.15, -0.1) is 0 Å². The van der Waals surface area contributed by atoms with Crippen molar-refractivity contribution in [3.05, 3.63) is 65.9 Å².